The summed E-state index contributed by atoms with van der Waals surface area (Å²) < 4.78 is 43.0. The second-order valence-electron chi connectivity index (χ2n) is 4.87. The molecule has 2 aromatic heterocycles. The van der Waals surface area contributed by atoms with E-state index in [1.165, 1.54) is 46.0 Å². The Bertz CT molecular complexity index is 897. The quantitative estimate of drug-likeness (QED) is 0.740. The van der Waals surface area contributed by atoms with Gasteiger partial charge in [-0.1, -0.05) is 12.1 Å². The van der Waals surface area contributed by atoms with Crippen LogP contribution >= 0.6 is 0 Å². The maximum atomic E-state index is 12.3. The Balaban J connectivity index is 1.85. The number of fused-ring (bicyclic) bond motifs is 1. The topological polar surface area (TPSA) is 61.9 Å². The van der Waals surface area contributed by atoms with Gasteiger partial charge in [-0.25, -0.2) is 4.98 Å². The molecule has 2 heterocycles. The van der Waals surface area contributed by atoms with E-state index in [9.17, 15) is 18.0 Å². The van der Waals surface area contributed by atoms with E-state index >= 15 is 0 Å². The van der Waals surface area contributed by atoms with Crippen LogP contribution in [0, 0.1) is 0 Å². The van der Waals surface area contributed by atoms with Crippen molar-refractivity contribution >= 4 is 11.0 Å². The van der Waals surface area contributed by atoms with E-state index in [0.29, 0.717) is 16.6 Å². The molecule has 0 radical (unpaired) electrons. The van der Waals surface area contributed by atoms with Gasteiger partial charge in [0.15, 0.2) is 5.65 Å². The molecular formula is C14H11F3N4O2. The maximum absolute atomic E-state index is 12.3. The molecule has 0 unspecified atom stereocenters. The van der Waals surface area contributed by atoms with Gasteiger partial charge in [-0.15, -0.1) is 13.2 Å². The molecule has 0 aliphatic rings. The predicted octanol–water partition coefficient (Wildman–Crippen LogP) is 2.08. The van der Waals surface area contributed by atoms with Crippen molar-refractivity contribution in [1.82, 2.24) is 19.3 Å². The van der Waals surface area contributed by atoms with Gasteiger partial charge < -0.3 is 4.74 Å². The molecule has 0 fully saturated rings. The third kappa shape index (κ3) is 3.17. The van der Waals surface area contributed by atoms with E-state index in [4.69, 9.17) is 0 Å². The van der Waals surface area contributed by atoms with Gasteiger partial charge in [0.1, 0.15) is 17.5 Å². The van der Waals surface area contributed by atoms with Gasteiger partial charge in [0.05, 0.1) is 12.7 Å². The van der Waals surface area contributed by atoms with E-state index in [2.05, 4.69) is 14.8 Å². The van der Waals surface area contributed by atoms with E-state index in [1.807, 2.05) is 0 Å². The van der Waals surface area contributed by atoms with Gasteiger partial charge in [-0.3, -0.25) is 14.0 Å². The molecule has 9 heteroatoms. The zero-order valence-electron chi connectivity index (χ0n) is 11.9. The number of ether oxygens (including phenoxy) is 1. The summed E-state index contributed by atoms with van der Waals surface area (Å²) in [6, 6.07) is 5.32. The van der Waals surface area contributed by atoms with E-state index in [-0.39, 0.29) is 17.9 Å². The molecule has 0 aliphatic heterocycles. The number of halogens is 3. The van der Waals surface area contributed by atoms with Crippen LogP contribution in [0.4, 0.5) is 13.2 Å². The standard InChI is InChI=1S/C14H11F3N4O2/c1-20-12-11(6-19-20)13(22)21(8-18-12)7-9-2-4-10(5-3-9)23-14(15,16)17/h2-6,8H,7H2,1H3. The normalized spacial score (nSPS) is 11.8. The first-order valence-electron chi connectivity index (χ1n) is 6.55. The summed E-state index contributed by atoms with van der Waals surface area (Å²) >= 11 is 0. The van der Waals surface area contributed by atoms with Crippen LogP contribution in [0.3, 0.4) is 0 Å². The zero-order valence-corrected chi connectivity index (χ0v) is 11.9. The van der Waals surface area contributed by atoms with Crippen molar-refractivity contribution in [3.05, 3.63) is 52.7 Å². The van der Waals surface area contributed by atoms with Crippen LogP contribution in [-0.2, 0) is 13.6 Å². The molecule has 6 nitrogen and oxygen atoms in total. The molecule has 0 saturated heterocycles. The smallest absolute Gasteiger partial charge is 0.406 e. The molecule has 3 rings (SSSR count). The van der Waals surface area contributed by atoms with Gasteiger partial charge in [0.25, 0.3) is 5.56 Å². The molecule has 0 saturated carbocycles. The Hall–Kier alpha value is -2.84. The minimum absolute atomic E-state index is 0.183. The third-order valence-corrected chi connectivity index (χ3v) is 3.23. The molecule has 120 valence electrons. The number of benzene rings is 1. The van der Waals surface area contributed by atoms with Gasteiger partial charge in [0.2, 0.25) is 0 Å². The largest absolute Gasteiger partial charge is 0.573 e. The fraction of sp³-hybridized carbons (Fsp3) is 0.214. The Morgan fingerprint density at radius 2 is 1.91 bits per heavy atom. The summed E-state index contributed by atoms with van der Waals surface area (Å²) in [6.45, 7) is 0.183. The molecule has 0 atom stereocenters. The van der Waals surface area contributed by atoms with Crippen molar-refractivity contribution < 1.29 is 17.9 Å². The Kier molecular flexibility index (Phi) is 3.55. The van der Waals surface area contributed by atoms with E-state index < -0.39 is 6.36 Å². The number of aromatic nitrogens is 4. The molecular weight excluding hydrogens is 313 g/mol. The summed E-state index contributed by atoms with van der Waals surface area (Å²) in [6.07, 6.45) is -1.92. The lowest BCUT2D eigenvalue weighted by molar-refractivity contribution is -0.274. The van der Waals surface area contributed by atoms with Crippen molar-refractivity contribution in [3.8, 4) is 5.75 Å². The van der Waals surface area contributed by atoms with Gasteiger partial charge in [-0.2, -0.15) is 5.10 Å². The number of alkyl halides is 3. The fourth-order valence-corrected chi connectivity index (χ4v) is 2.17. The molecule has 1 aromatic carbocycles. The Labute approximate surface area is 127 Å². The fourth-order valence-electron chi connectivity index (χ4n) is 2.17. The highest BCUT2D eigenvalue weighted by Crippen LogP contribution is 2.22. The first-order chi connectivity index (χ1) is 10.8. The molecule has 0 amide bonds. The zero-order chi connectivity index (χ0) is 16.6. The average Bonchev–Trinajstić information content (AvgIpc) is 2.85. The van der Waals surface area contributed by atoms with Crippen molar-refractivity contribution in [3.63, 3.8) is 0 Å². The van der Waals surface area contributed by atoms with Crippen LogP contribution in [0.5, 0.6) is 5.75 Å². The van der Waals surface area contributed by atoms with E-state index in [0.717, 1.165) is 0 Å². The predicted molar refractivity (Wildman–Crippen MR) is 75.0 cm³/mol. The van der Waals surface area contributed by atoms with Crippen LogP contribution in [-0.4, -0.2) is 25.7 Å². The van der Waals surface area contributed by atoms with Crippen LogP contribution < -0.4 is 10.3 Å². The van der Waals surface area contributed by atoms with Crippen molar-refractivity contribution in [1.29, 1.82) is 0 Å². The molecule has 3 aromatic rings. The van der Waals surface area contributed by atoms with Crippen LogP contribution in [0.15, 0.2) is 41.6 Å². The average molecular weight is 324 g/mol. The van der Waals surface area contributed by atoms with E-state index in [1.54, 1.807) is 7.05 Å². The summed E-state index contributed by atoms with van der Waals surface area (Å²) in [5.74, 6) is -0.311. The summed E-state index contributed by atoms with van der Waals surface area (Å²) in [7, 11) is 1.68. The lowest BCUT2D eigenvalue weighted by Gasteiger charge is -2.10. The Morgan fingerprint density at radius 1 is 1.22 bits per heavy atom. The lowest BCUT2D eigenvalue weighted by Crippen LogP contribution is -2.21. The van der Waals surface area contributed by atoms with Crippen molar-refractivity contribution in [2.24, 2.45) is 7.05 Å². The van der Waals surface area contributed by atoms with Crippen molar-refractivity contribution in [2.75, 3.05) is 0 Å². The second-order valence-corrected chi connectivity index (χ2v) is 4.87. The monoisotopic (exact) mass is 324 g/mol. The first-order valence-corrected chi connectivity index (χ1v) is 6.55. The van der Waals surface area contributed by atoms with Crippen LogP contribution in [0.1, 0.15) is 5.56 Å². The van der Waals surface area contributed by atoms with Gasteiger partial charge in [0, 0.05) is 7.05 Å². The molecule has 0 aliphatic carbocycles. The Morgan fingerprint density at radius 3 is 2.57 bits per heavy atom. The summed E-state index contributed by atoms with van der Waals surface area (Å²) in [5.41, 5.74) is 0.852. The highest BCUT2D eigenvalue weighted by molar-refractivity contribution is 5.72. The summed E-state index contributed by atoms with van der Waals surface area (Å²) in [4.78, 5) is 16.5. The molecule has 0 bridgehead atoms. The lowest BCUT2D eigenvalue weighted by atomic mass is 10.2. The van der Waals surface area contributed by atoms with Gasteiger partial charge in [-0.05, 0) is 17.7 Å². The van der Waals surface area contributed by atoms with Crippen LogP contribution in [0.2, 0.25) is 0 Å². The SMILES string of the molecule is Cn1ncc2c(=O)n(Cc3ccc(OC(F)(F)F)cc3)cnc21. The number of hydrogen-bond acceptors (Lipinski definition) is 4. The minimum Gasteiger partial charge on any atom is -0.406 e. The van der Waals surface area contributed by atoms with Gasteiger partial charge >= 0.3 is 6.36 Å². The first kappa shape index (κ1) is 15.1. The molecule has 0 spiro atoms. The minimum atomic E-state index is -4.73. The molecule has 23 heavy (non-hydrogen) atoms. The number of hydrogen-bond donors (Lipinski definition) is 0. The number of nitrogens with zero attached hydrogens (tertiary/aromatic N) is 4. The van der Waals surface area contributed by atoms with Crippen LogP contribution in [0.25, 0.3) is 11.0 Å². The third-order valence-electron chi connectivity index (χ3n) is 3.23. The summed E-state index contributed by atoms with van der Waals surface area (Å²) in [5, 5.41) is 4.35. The number of aryl methyl sites for hydroxylation is 1. The highest BCUT2D eigenvalue weighted by Gasteiger charge is 2.30. The molecule has 0 N–H and O–H groups in total. The van der Waals surface area contributed by atoms with Crippen molar-refractivity contribution in [2.45, 2.75) is 12.9 Å². The highest BCUT2D eigenvalue weighted by atomic mass is 19.4. The maximum Gasteiger partial charge on any atom is 0.573 e. The number of rotatable bonds is 3. The second kappa shape index (κ2) is 5.41.